The summed E-state index contributed by atoms with van der Waals surface area (Å²) in [5.74, 6) is -1.35. The molecule has 1 atom stereocenters. The van der Waals surface area contributed by atoms with Crippen LogP contribution in [0.25, 0.3) is 0 Å². The van der Waals surface area contributed by atoms with Gasteiger partial charge in [0.1, 0.15) is 18.4 Å². The first kappa shape index (κ1) is 30.8. The first-order chi connectivity index (χ1) is 19.1. The first-order valence-electron chi connectivity index (χ1n) is 12.6. The van der Waals surface area contributed by atoms with Crippen molar-refractivity contribution in [3.05, 3.63) is 92.8 Å². The number of ether oxygens (including phenoxy) is 1. The number of esters is 1. The summed E-state index contributed by atoms with van der Waals surface area (Å²) < 4.78 is 6.48. The van der Waals surface area contributed by atoms with Crippen LogP contribution in [0.1, 0.15) is 39.7 Å². The van der Waals surface area contributed by atoms with E-state index in [2.05, 4.69) is 10.4 Å². The summed E-state index contributed by atoms with van der Waals surface area (Å²) in [6.07, 6.45) is 2.30. The molecule has 216 valence electrons. The van der Waals surface area contributed by atoms with E-state index in [1.54, 1.807) is 42.3 Å². The van der Waals surface area contributed by atoms with Crippen molar-refractivity contribution in [3.8, 4) is 0 Å². The van der Waals surface area contributed by atoms with Crippen LogP contribution in [-0.4, -0.2) is 62.4 Å². The Bertz CT molecular complexity index is 1440. The second kappa shape index (κ2) is 13.5. The van der Waals surface area contributed by atoms with Crippen LogP contribution in [-0.2, 0) is 40.3 Å². The average molecular weight is 584 g/mol. The molecule has 0 spiro atoms. The second-order valence-corrected chi connectivity index (χ2v) is 9.26. The molecule has 0 radical (unpaired) electrons. The van der Waals surface area contributed by atoms with Gasteiger partial charge < -0.3 is 20.7 Å². The Kier molecular flexibility index (Phi) is 10.1. The van der Waals surface area contributed by atoms with E-state index in [4.69, 9.17) is 15.9 Å². The van der Waals surface area contributed by atoms with Crippen LogP contribution in [0, 0.1) is 15.5 Å². The van der Waals surface area contributed by atoms with Gasteiger partial charge in [0.25, 0.3) is 11.6 Å². The van der Waals surface area contributed by atoms with Crippen molar-refractivity contribution in [2.45, 2.75) is 38.9 Å². The number of aromatic nitrogens is 2. The van der Waals surface area contributed by atoms with Crippen molar-refractivity contribution in [2.75, 3.05) is 13.2 Å². The summed E-state index contributed by atoms with van der Waals surface area (Å²) in [6, 6.07) is 11.0. The molecule has 0 unspecified atom stereocenters. The number of non-ortho nitro benzene ring substituents is 1. The fraction of sp³-hybridized carbons (Fsp3) is 0.296. The molecule has 4 N–H and O–H groups in total. The number of nitrogen functional groups attached to an aromatic ring is 1. The van der Waals surface area contributed by atoms with Gasteiger partial charge in [-0.25, -0.2) is 0 Å². The molecule has 2 aromatic carbocycles. The van der Waals surface area contributed by atoms with Gasteiger partial charge in [-0.15, -0.1) is 12.4 Å². The minimum Gasteiger partial charge on any atom is -0.465 e. The van der Waals surface area contributed by atoms with Gasteiger partial charge in [-0.2, -0.15) is 5.10 Å². The minimum absolute atomic E-state index is 0. The number of benzene rings is 2. The van der Waals surface area contributed by atoms with Gasteiger partial charge in [0.15, 0.2) is 0 Å². The molecule has 0 fully saturated rings. The Hall–Kier alpha value is -4.78. The van der Waals surface area contributed by atoms with Gasteiger partial charge in [-0.1, -0.05) is 24.3 Å². The lowest BCUT2D eigenvalue weighted by Gasteiger charge is -2.30. The molecule has 1 aromatic heterocycles. The van der Waals surface area contributed by atoms with E-state index in [9.17, 15) is 24.5 Å². The van der Waals surface area contributed by atoms with E-state index in [1.165, 1.54) is 28.9 Å². The molecular formula is C27H30ClN7O6. The summed E-state index contributed by atoms with van der Waals surface area (Å²) in [6.45, 7) is 2.57. The quantitative estimate of drug-likeness (QED) is 0.106. The van der Waals surface area contributed by atoms with Crippen molar-refractivity contribution < 1.29 is 24.0 Å². The SMILES string of the molecule is CCOC(=O)Cn1cc2c(n1)CCN(C(=O)[C@H](Cc1ccc([N+](=O)[O-])cc1)NC(=O)c1ccc(C(=N)N)cc1)C2.Cl. The van der Waals surface area contributed by atoms with Crippen LogP contribution in [0.2, 0.25) is 0 Å². The number of halogens is 1. The summed E-state index contributed by atoms with van der Waals surface area (Å²) in [7, 11) is 0. The summed E-state index contributed by atoms with van der Waals surface area (Å²) in [5.41, 5.74) is 8.38. The van der Waals surface area contributed by atoms with E-state index in [0.717, 1.165) is 11.3 Å². The standard InChI is InChI=1S/C27H29N7O6.ClH/c1-2-40-24(35)16-33-15-20-14-32(12-11-22(20)31-33)27(37)23(13-17-3-9-21(10-4-17)34(38)39)30-26(36)19-7-5-18(6-8-19)25(28)29;/h3-10,15,23H,2,11-14,16H2,1H3,(H3,28,29)(H,30,36);1H/t23-;/m0./s1. The molecule has 1 aliphatic rings. The number of fused-ring (bicyclic) bond motifs is 1. The van der Waals surface area contributed by atoms with Crippen LogP contribution in [0.15, 0.2) is 54.7 Å². The zero-order valence-corrected chi connectivity index (χ0v) is 23.1. The van der Waals surface area contributed by atoms with Crippen LogP contribution in [0.5, 0.6) is 0 Å². The molecule has 0 aliphatic carbocycles. The van der Waals surface area contributed by atoms with Crippen LogP contribution < -0.4 is 11.1 Å². The van der Waals surface area contributed by atoms with Gasteiger partial charge >= 0.3 is 5.97 Å². The maximum absolute atomic E-state index is 13.7. The highest BCUT2D eigenvalue weighted by atomic mass is 35.5. The predicted octanol–water partition coefficient (Wildman–Crippen LogP) is 1.99. The monoisotopic (exact) mass is 583 g/mol. The lowest BCUT2D eigenvalue weighted by molar-refractivity contribution is -0.384. The highest BCUT2D eigenvalue weighted by molar-refractivity contribution is 5.99. The Morgan fingerprint density at radius 2 is 1.80 bits per heavy atom. The number of nitro benzene ring substituents is 1. The van der Waals surface area contributed by atoms with Gasteiger partial charge in [-0.3, -0.25) is 34.6 Å². The average Bonchev–Trinajstić information content (AvgIpc) is 3.34. The fourth-order valence-corrected chi connectivity index (χ4v) is 4.43. The van der Waals surface area contributed by atoms with Crippen molar-refractivity contribution >= 4 is 41.7 Å². The van der Waals surface area contributed by atoms with Crippen LogP contribution in [0.4, 0.5) is 5.69 Å². The van der Waals surface area contributed by atoms with Crippen molar-refractivity contribution in [1.82, 2.24) is 20.0 Å². The summed E-state index contributed by atoms with van der Waals surface area (Å²) >= 11 is 0. The lowest BCUT2D eigenvalue weighted by Crippen LogP contribution is -2.50. The zero-order chi connectivity index (χ0) is 28.8. The number of nitrogens with one attached hydrogen (secondary N) is 2. The highest BCUT2D eigenvalue weighted by Gasteiger charge is 2.30. The van der Waals surface area contributed by atoms with E-state index < -0.39 is 22.8 Å². The smallest absolute Gasteiger partial charge is 0.327 e. The summed E-state index contributed by atoms with van der Waals surface area (Å²) in [4.78, 5) is 50.8. The Morgan fingerprint density at radius 3 is 2.41 bits per heavy atom. The highest BCUT2D eigenvalue weighted by Crippen LogP contribution is 2.20. The van der Waals surface area contributed by atoms with Crippen LogP contribution >= 0.6 is 12.4 Å². The van der Waals surface area contributed by atoms with Gasteiger partial charge in [0.05, 0.1) is 17.2 Å². The third-order valence-electron chi connectivity index (χ3n) is 6.46. The first-order valence-corrected chi connectivity index (χ1v) is 12.6. The molecule has 13 nitrogen and oxygen atoms in total. The van der Waals surface area contributed by atoms with Crippen molar-refractivity contribution in [3.63, 3.8) is 0 Å². The van der Waals surface area contributed by atoms with Gasteiger partial charge in [0.2, 0.25) is 5.91 Å². The third-order valence-corrected chi connectivity index (χ3v) is 6.46. The Labute approximate surface area is 241 Å². The van der Waals surface area contributed by atoms with Crippen LogP contribution in [0.3, 0.4) is 0 Å². The molecule has 2 heterocycles. The second-order valence-electron chi connectivity index (χ2n) is 9.26. The zero-order valence-electron chi connectivity index (χ0n) is 22.2. The molecule has 0 bridgehead atoms. The molecule has 0 saturated heterocycles. The molecule has 1 aliphatic heterocycles. The number of amides is 2. The molecular weight excluding hydrogens is 554 g/mol. The molecule has 4 rings (SSSR count). The number of carbonyl (C=O) groups excluding carboxylic acids is 3. The van der Waals surface area contributed by atoms with E-state index in [1.807, 2.05) is 0 Å². The molecule has 2 amide bonds. The number of rotatable bonds is 10. The lowest BCUT2D eigenvalue weighted by atomic mass is 10.0. The number of nitro groups is 1. The van der Waals surface area contributed by atoms with Gasteiger partial charge in [-0.05, 0) is 24.6 Å². The number of amidine groups is 1. The molecule has 0 saturated carbocycles. The summed E-state index contributed by atoms with van der Waals surface area (Å²) in [5, 5.41) is 25.8. The minimum atomic E-state index is -0.961. The number of carbonyl (C=O) groups is 3. The van der Waals surface area contributed by atoms with E-state index >= 15 is 0 Å². The molecule has 3 aromatic rings. The molecule has 14 heteroatoms. The number of hydrogen-bond acceptors (Lipinski definition) is 8. The number of nitrogens with two attached hydrogens (primary N) is 1. The number of nitrogens with zero attached hydrogens (tertiary/aromatic N) is 4. The Balaban J connectivity index is 0.00000462. The fourth-order valence-electron chi connectivity index (χ4n) is 4.43. The van der Waals surface area contributed by atoms with Crippen molar-refractivity contribution in [1.29, 1.82) is 5.41 Å². The van der Waals surface area contributed by atoms with E-state index in [0.29, 0.717) is 24.1 Å². The molecule has 41 heavy (non-hydrogen) atoms. The predicted molar refractivity (Wildman–Crippen MR) is 151 cm³/mol. The topological polar surface area (TPSA) is 187 Å². The normalized spacial score (nSPS) is 12.9. The van der Waals surface area contributed by atoms with E-state index in [-0.39, 0.29) is 61.5 Å². The largest absolute Gasteiger partial charge is 0.465 e. The van der Waals surface area contributed by atoms with Gasteiger partial charge in [0, 0.05) is 61.0 Å². The maximum atomic E-state index is 13.7. The maximum Gasteiger partial charge on any atom is 0.327 e. The third kappa shape index (κ3) is 7.66. The number of hydrogen-bond donors (Lipinski definition) is 3. The van der Waals surface area contributed by atoms with Crippen molar-refractivity contribution in [2.24, 2.45) is 5.73 Å². The Morgan fingerprint density at radius 1 is 1.15 bits per heavy atom.